The van der Waals surface area contributed by atoms with E-state index in [2.05, 4.69) is 53.4 Å². The summed E-state index contributed by atoms with van der Waals surface area (Å²) >= 11 is 1.68. The van der Waals surface area contributed by atoms with Crippen molar-refractivity contribution in [3.8, 4) is 28.1 Å². The number of carbonyl (C=O) groups is 1. The van der Waals surface area contributed by atoms with Gasteiger partial charge in [-0.2, -0.15) is 5.10 Å². The Labute approximate surface area is 218 Å². The first-order chi connectivity index (χ1) is 17.4. The SMILES string of the molecule is CSc1nn(C[C@H]2CC[C@H](COCC(=O)O)CC2)c(-c2ccccc2)c1-c1cccc(OC(C)C)c1. The van der Waals surface area contributed by atoms with E-state index in [0.717, 1.165) is 65.4 Å². The fraction of sp³-hybridized carbons (Fsp3) is 0.448. The van der Waals surface area contributed by atoms with E-state index in [0.29, 0.717) is 18.4 Å². The zero-order valence-corrected chi connectivity index (χ0v) is 22.2. The van der Waals surface area contributed by atoms with Crippen molar-refractivity contribution in [3.63, 3.8) is 0 Å². The molecule has 6 nitrogen and oxygen atoms in total. The lowest BCUT2D eigenvalue weighted by molar-refractivity contribution is -0.142. The highest BCUT2D eigenvalue weighted by molar-refractivity contribution is 7.98. The predicted octanol–water partition coefficient (Wildman–Crippen LogP) is 6.63. The van der Waals surface area contributed by atoms with Crippen molar-refractivity contribution in [3.05, 3.63) is 54.6 Å². The number of hydrogen-bond donors (Lipinski definition) is 1. The van der Waals surface area contributed by atoms with Crippen LogP contribution in [0.2, 0.25) is 0 Å². The molecule has 4 rings (SSSR count). The summed E-state index contributed by atoms with van der Waals surface area (Å²) in [6, 6.07) is 18.8. The van der Waals surface area contributed by atoms with Crippen LogP contribution in [0.25, 0.3) is 22.4 Å². The molecule has 36 heavy (non-hydrogen) atoms. The molecule has 1 saturated carbocycles. The van der Waals surface area contributed by atoms with Crippen LogP contribution in [-0.2, 0) is 16.1 Å². The van der Waals surface area contributed by atoms with Crippen molar-refractivity contribution in [2.75, 3.05) is 19.5 Å². The predicted molar refractivity (Wildman–Crippen MR) is 145 cm³/mol. The minimum Gasteiger partial charge on any atom is -0.491 e. The molecule has 0 aliphatic heterocycles. The Bertz CT molecular complexity index is 1140. The molecule has 1 heterocycles. The first-order valence-electron chi connectivity index (χ1n) is 12.7. The Morgan fingerprint density at radius 3 is 2.42 bits per heavy atom. The lowest BCUT2D eigenvalue weighted by atomic mass is 9.82. The van der Waals surface area contributed by atoms with Gasteiger partial charge in [0.05, 0.1) is 18.4 Å². The molecule has 3 aromatic rings. The highest BCUT2D eigenvalue weighted by atomic mass is 32.2. The van der Waals surface area contributed by atoms with Gasteiger partial charge in [0.1, 0.15) is 17.4 Å². The van der Waals surface area contributed by atoms with Gasteiger partial charge in [0.2, 0.25) is 0 Å². The van der Waals surface area contributed by atoms with Crippen molar-refractivity contribution in [1.82, 2.24) is 9.78 Å². The summed E-state index contributed by atoms with van der Waals surface area (Å²) in [5, 5.41) is 14.9. The third-order valence-corrected chi connectivity index (χ3v) is 7.30. The Hall–Kier alpha value is -2.77. The van der Waals surface area contributed by atoms with Crippen LogP contribution < -0.4 is 4.74 Å². The number of ether oxygens (including phenoxy) is 2. The molecule has 0 spiro atoms. The maximum absolute atomic E-state index is 10.7. The molecule has 7 heteroatoms. The number of carboxylic acid groups (broad SMARTS) is 1. The average molecular weight is 509 g/mol. The van der Waals surface area contributed by atoms with Gasteiger partial charge in [-0.05, 0) is 75.3 Å². The maximum atomic E-state index is 10.7. The Balaban J connectivity index is 1.60. The van der Waals surface area contributed by atoms with Crippen LogP contribution in [0.4, 0.5) is 0 Å². The van der Waals surface area contributed by atoms with Crippen LogP contribution in [0.15, 0.2) is 59.6 Å². The number of aliphatic carboxylic acids is 1. The van der Waals surface area contributed by atoms with Crippen LogP contribution in [-0.4, -0.2) is 46.4 Å². The molecule has 1 fully saturated rings. The van der Waals surface area contributed by atoms with Gasteiger partial charge < -0.3 is 14.6 Å². The summed E-state index contributed by atoms with van der Waals surface area (Å²) < 4.78 is 13.6. The molecule has 0 radical (unpaired) electrons. The number of thioether (sulfide) groups is 1. The fourth-order valence-electron chi connectivity index (χ4n) is 5.00. The molecule has 1 N–H and O–H groups in total. The van der Waals surface area contributed by atoms with Crippen molar-refractivity contribution in [2.45, 2.75) is 57.2 Å². The van der Waals surface area contributed by atoms with Crippen molar-refractivity contribution in [1.29, 1.82) is 0 Å². The van der Waals surface area contributed by atoms with E-state index >= 15 is 0 Å². The van der Waals surface area contributed by atoms with Crippen molar-refractivity contribution < 1.29 is 19.4 Å². The topological polar surface area (TPSA) is 73.6 Å². The van der Waals surface area contributed by atoms with Gasteiger partial charge in [0, 0.05) is 17.7 Å². The smallest absolute Gasteiger partial charge is 0.329 e. The third kappa shape index (κ3) is 6.71. The minimum atomic E-state index is -0.905. The van der Waals surface area contributed by atoms with Crippen LogP contribution in [0, 0.1) is 11.8 Å². The second-order valence-corrected chi connectivity index (χ2v) is 10.6. The molecule has 2 aromatic carbocycles. The van der Waals surface area contributed by atoms with E-state index in [1.54, 1.807) is 11.8 Å². The monoisotopic (exact) mass is 508 g/mol. The summed E-state index contributed by atoms with van der Waals surface area (Å²) in [5.74, 6) is 0.927. The quantitative estimate of drug-likeness (QED) is 0.293. The van der Waals surface area contributed by atoms with Crippen LogP contribution in [0.1, 0.15) is 39.5 Å². The van der Waals surface area contributed by atoms with Gasteiger partial charge in [0.25, 0.3) is 0 Å². The lowest BCUT2D eigenvalue weighted by Crippen LogP contribution is -2.23. The molecule has 1 aliphatic rings. The molecular formula is C29H36N2O4S. The van der Waals surface area contributed by atoms with Gasteiger partial charge in [-0.3, -0.25) is 4.68 Å². The van der Waals surface area contributed by atoms with Gasteiger partial charge in [-0.25, -0.2) is 4.79 Å². The van der Waals surface area contributed by atoms with Crippen LogP contribution >= 0.6 is 11.8 Å². The number of carboxylic acids is 1. The fourth-order valence-corrected chi connectivity index (χ4v) is 5.60. The Morgan fingerprint density at radius 2 is 1.75 bits per heavy atom. The maximum Gasteiger partial charge on any atom is 0.329 e. The van der Waals surface area contributed by atoms with Gasteiger partial charge in [-0.1, -0.05) is 42.5 Å². The van der Waals surface area contributed by atoms with E-state index in [1.807, 2.05) is 26.0 Å². The first-order valence-corrected chi connectivity index (χ1v) is 13.9. The molecular weight excluding hydrogens is 472 g/mol. The van der Waals surface area contributed by atoms with E-state index in [4.69, 9.17) is 19.7 Å². The average Bonchev–Trinajstić information content (AvgIpc) is 3.23. The number of benzene rings is 2. The zero-order chi connectivity index (χ0) is 25.5. The molecule has 0 atom stereocenters. The van der Waals surface area contributed by atoms with Gasteiger partial charge in [0.15, 0.2) is 0 Å². The summed E-state index contributed by atoms with van der Waals surface area (Å²) in [6.07, 6.45) is 6.50. The molecule has 1 aromatic heterocycles. The van der Waals surface area contributed by atoms with E-state index < -0.39 is 5.97 Å². The van der Waals surface area contributed by atoms with Crippen LogP contribution in [0.3, 0.4) is 0 Å². The largest absolute Gasteiger partial charge is 0.491 e. The number of nitrogens with zero attached hydrogens (tertiary/aromatic N) is 2. The third-order valence-electron chi connectivity index (χ3n) is 6.63. The molecule has 0 unspecified atom stereocenters. The first kappa shape index (κ1) is 26.3. The highest BCUT2D eigenvalue weighted by Gasteiger charge is 2.26. The molecule has 0 saturated heterocycles. The van der Waals surface area contributed by atoms with E-state index in [-0.39, 0.29) is 12.7 Å². The van der Waals surface area contributed by atoms with Gasteiger partial charge >= 0.3 is 5.97 Å². The molecule has 0 amide bonds. The number of hydrogen-bond acceptors (Lipinski definition) is 5. The minimum absolute atomic E-state index is 0.112. The van der Waals surface area contributed by atoms with Crippen molar-refractivity contribution >= 4 is 17.7 Å². The van der Waals surface area contributed by atoms with E-state index in [9.17, 15) is 4.79 Å². The standard InChI is InChI=1S/C29H36N2O4S/c1-20(2)35-25-11-7-10-24(16-25)27-28(23-8-5-4-6-9-23)31(30-29(27)36-3)17-21-12-14-22(15-13-21)18-34-19-26(32)33/h4-11,16,20-22H,12-15,17-19H2,1-3H3,(H,32,33)/t21-,22-. The normalized spacial score (nSPS) is 17.9. The van der Waals surface area contributed by atoms with Gasteiger partial charge in [-0.15, -0.1) is 11.8 Å². The summed E-state index contributed by atoms with van der Waals surface area (Å²) in [5.41, 5.74) is 4.57. The Morgan fingerprint density at radius 1 is 1.06 bits per heavy atom. The lowest BCUT2D eigenvalue weighted by Gasteiger charge is -2.28. The second-order valence-electron chi connectivity index (χ2n) is 9.77. The second kappa shape index (κ2) is 12.5. The number of aromatic nitrogens is 2. The summed E-state index contributed by atoms with van der Waals surface area (Å²) in [4.78, 5) is 10.7. The zero-order valence-electron chi connectivity index (χ0n) is 21.4. The highest BCUT2D eigenvalue weighted by Crippen LogP contribution is 2.41. The molecule has 192 valence electrons. The summed E-state index contributed by atoms with van der Waals surface area (Å²) in [6.45, 7) is 5.27. The van der Waals surface area contributed by atoms with Crippen molar-refractivity contribution in [2.24, 2.45) is 11.8 Å². The van der Waals surface area contributed by atoms with E-state index in [1.165, 1.54) is 0 Å². The summed E-state index contributed by atoms with van der Waals surface area (Å²) in [7, 11) is 0. The molecule has 0 bridgehead atoms. The molecule has 1 aliphatic carbocycles. The van der Waals surface area contributed by atoms with Crippen LogP contribution in [0.5, 0.6) is 5.75 Å². The Kier molecular flexibility index (Phi) is 9.10. The number of rotatable bonds is 11.